The molecule has 210 valence electrons. The monoisotopic (exact) mass is 540 g/mol. The number of fused-ring (bicyclic) bond motifs is 1. The summed E-state index contributed by atoms with van der Waals surface area (Å²) in [5.41, 5.74) is 0.455. The molecule has 1 fully saturated rings. The number of aromatic nitrogens is 4. The lowest BCUT2D eigenvalue weighted by atomic mass is 9.81. The van der Waals surface area contributed by atoms with Gasteiger partial charge in [-0.1, -0.05) is 6.07 Å². The maximum absolute atomic E-state index is 15.6. The largest absolute Gasteiger partial charge is 0.465 e. The minimum atomic E-state index is -4.45. The van der Waals surface area contributed by atoms with Gasteiger partial charge in [-0.2, -0.15) is 18.3 Å². The molecule has 1 aliphatic carbocycles. The summed E-state index contributed by atoms with van der Waals surface area (Å²) in [7, 11) is 1.78. The lowest BCUT2D eigenvalue weighted by molar-refractivity contribution is -0.190. The van der Waals surface area contributed by atoms with Gasteiger partial charge in [0.05, 0.1) is 6.42 Å². The van der Waals surface area contributed by atoms with E-state index in [-0.39, 0.29) is 24.2 Å². The Hall–Kier alpha value is -2.76. The molecule has 3 heterocycles. The lowest BCUT2D eigenvalue weighted by Gasteiger charge is -2.35. The quantitative estimate of drug-likeness (QED) is 0.515. The Morgan fingerprint density at radius 1 is 1.21 bits per heavy atom. The van der Waals surface area contributed by atoms with Gasteiger partial charge >= 0.3 is 6.18 Å². The van der Waals surface area contributed by atoms with Crippen LogP contribution in [-0.2, 0) is 31.1 Å². The molecule has 38 heavy (non-hydrogen) atoms. The van der Waals surface area contributed by atoms with Crippen molar-refractivity contribution in [1.82, 2.24) is 30.0 Å². The molecule has 1 N–H and O–H groups in total. The Balaban J connectivity index is 1.21. The van der Waals surface area contributed by atoms with Gasteiger partial charge < -0.3 is 15.0 Å². The number of aryl methyl sites for hydroxylation is 2. The van der Waals surface area contributed by atoms with E-state index in [1.54, 1.807) is 17.8 Å². The molecule has 0 spiro atoms. The zero-order chi connectivity index (χ0) is 27.5. The molecule has 1 saturated carbocycles. The Kier molecular flexibility index (Phi) is 8.59. The molecule has 0 unspecified atom stereocenters. The van der Waals surface area contributed by atoms with Crippen molar-refractivity contribution in [2.45, 2.75) is 89.2 Å². The summed E-state index contributed by atoms with van der Waals surface area (Å²) < 4.78 is 60.7. The smallest absolute Gasteiger partial charge is 0.425 e. The molecule has 2 aromatic heterocycles. The standard InChI is InChI=1S/C26H36F4N6O2/c1-17(26(28,29)30)38-24-5-4-19-8-13-36(14-9-21(19)33-24)15-12-25(27)10-6-20(7-11-25)32-23(37)16-22-31-18(2)35(3)34-22/h4-5,17,20H,6-16H2,1-3H3,(H,32,37)/t17-,20?,25?/m1/s1. The number of nitrogens with zero attached hydrogens (tertiary/aromatic N) is 5. The van der Waals surface area contributed by atoms with Crippen LogP contribution in [0, 0.1) is 6.92 Å². The fourth-order valence-electron chi connectivity index (χ4n) is 5.06. The lowest BCUT2D eigenvalue weighted by Crippen LogP contribution is -2.43. The molecule has 8 nitrogen and oxygen atoms in total. The van der Waals surface area contributed by atoms with E-state index in [0.717, 1.165) is 30.6 Å². The third-order valence-electron chi connectivity index (χ3n) is 7.63. The normalized spacial score (nSPS) is 23.4. The first-order valence-electron chi connectivity index (χ1n) is 13.2. The summed E-state index contributed by atoms with van der Waals surface area (Å²) in [5.74, 6) is 1.05. The number of carbonyl (C=O) groups excluding carboxylic acids is 1. The Morgan fingerprint density at radius 3 is 2.58 bits per heavy atom. The molecule has 0 radical (unpaired) electrons. The van der Waals surface area contributed by atoms with Gasteiger partial charge in [-0.15, -0.1) is 0 Å². The van der Waals surface area contributed by atoms with E-state index < -0.39 is 17.9 Å². The highest BCUT2D eigenvalue weighted by molar-refractivity contribution is 5.78. The van der Waals surface area contributed by atoms with Crippen LogP contribution in [0.15, 0.2) is 12.1 Å². The van der Waals surface area contributed by atoms with Crippen LogP contribution in [0.25, 0.3) is 0 Å². The van der Waals surface area contributed by atoms with E-state index >= 15 is 4.39 Å². The molecule has 2 aliphatic rings. The predicted molar refractivity (Wildman–Crippen MR) is 133 cm³/mol. The first kappa shape index (κ1) is 28.3. The minimum absolute atomic E-state index is 0.0278. The van der Waals surface area contributed by atoms with Gasteiger partial charge in [-0.3, -0.25) is 9.48 Å². The molecule has 2 aromatic rings. The van der Waals surface area contributed by atoms with Crippen molar-refractivity contribution in [3.05, 3.63) is 35.0 Å². The Morgan fingerprint density at radius 2 is 1.92 bits per heavy atom. The molecule has 1 aliphatic heterocycles. The van der Waals surface area contributed by atoms with Crippen molar-refractivity contribution in [3.63, 3.8) is 0 Å². The molecule has 1 atom stereocenters. The first-order chi connectivity index (χ1) is 17.9. The van der Waals surface area contributed by atoms with E-state index in [2.05, 4.69) is 25.3 Å². The van der Waals surface area contributed by atoms with E-state index in [1.165, 1.54) is 6.07 Å². The number of carbonyl (C=O) groups is 1. The topological polar surface area (TPSA) is 85.2 Å². The zero-order valence-corrected chi connectivity index (χ0v) is 22.2. The Bertz CT molecular complexity index is 1090. The minimum Gasteiger partial charge on any atom is -0.465 e. The van der Waals surface area contributed by atoms with Crippen molar-refractivity contribution in [2.24, 2.45) is 7.05 Å². The fraction of sp³-hybridized carbons (Fsp3) is 0.692. The van der Waals surface area contributed by atoms with E-state index in [0.29, 0.717) is 63.9 Å². The van der Waals surface area contributed by atoms with Gasteiger partial charge in [0, 0.05) is 50.9 Å². The van der Waals surface area contributed by atoms with Crippen molar-refractivity contribution >= 4 is 5.91 Å². The SMILES string of the molecule is Cc1nc(CC(=O)NC2CCC(F)(CCN3CCc4ccc(O[C@H](C)C(F)(F)F)nc4CC3)CC2)nn1C. The highest BCUT2D eigenvalue weighted by Gasteiger charge is 2.39. The van der Waals surface area contributed by atoms with E-state index in [1.807, 2.05) is 6.92 Å². The highest BCUT2D eigenvalue weighted by atomic mass is 19.4. The number of hydrogen-bond acceptors (Lipinski definition) is 6. The second-order valence-corrected chi connectivity index (χ2v) is 10.5. The summed E-state index contributed by atoms with van der Waals surface area (Å²) >= 11 is 0. The maximum atomic E-state index is 15.6. The number of nitrogens with one attached hydrogen (secondary N) is 1. The average molecular weight is 541 g/mol. The second kappa shape index (κ2) is 11.5. The van der Waals surface area contributed by atoms with E-state index in [9.17, 15) is 18.0 Å². The van der Waals surface area contributed by atoms with Gasteiger partial charge in [-0.05, 0) is 57.9 Å². The predicted octanol–water partition coefficient (Wildman–Crippen LogP) is 3.65. The summed E-state index contributed by atoms with van der Waals surface area (Å²) in [5, 5.41) is 7.21. The number of halogens is 4. The molecule has 0 bridgehead atoms. The molecule has 0 saturated heterocycles. The van der Waals surface area contributed by atoms with Gasteiger partial charge in [0.1, 0.15) is 11.5 Å². The van der Waals surface area contributed by atoms with Crippen molar-refractivity contribution in [1.29, 1.82) is 0 Å². The number of ether oxygens (including phenoxy) is 1. The zero-order valence-electron chi connectivity index (χ0n) is 22.2. The fourth-order valence-corrected chi connectivity index (χ4v) is 5.06. The van der Waals surface area contributed by atoms with Gasteiger partial charge in [0.25, 0.3) is 0 Å². The van der Waals surface area contributed by atoms with Crippen molar-refractivity contribution < 1.29 is 27.1 Å². The first-order valence-corrected chi connectivity index (χ1v) is 13.2. The molecule has 1 amide bonds. The number of rotatable bonds is 8. The number of alkyl halides is 4. The van der Waals surface area contributed by atoms with Crippen molar-refractivity contribution in [3.8, 4) is 5.88 Å². The van der Waals surface area contributed by atoms with Gasteiger partial charge in [0.15, 0.2) is 11.9 Å². The van der Waals surface area contributed by atoms with Crippen LogP contribution in [0.3, 0.4) is 0 Å². The number of hydrogen-bond donors (Lipinski definition) is 1. The highest BCUT2D eigenvalue weighted by Crippen LogP contribution is 2.35. The maximum Gasteiger partial charge on any atom is 0.425 e. The van der Waals surface area contributed by atoms with E-state index in [4.69, 9.17) is 4.74 Å². The van der Waals surface area contributed by atoms with Crippen LogP contribution < -0.4 is 10.1 Å². The van der Waals surface area contributed by atoms with Crippen LogP contribution in [-0.4, -0.2) is 74.2 Å². The number of amides is 1. The van der Waals surface area contributed by atoms with Crippen LogP contribution >= 0.6 is 0 Å². The molecule has 12 heteroatoms. The summed E-state index contributed by atoms with van der Waals surface area (Å²) in [6, 6.07) is 3.21. The van der Waals surface area contributed by atoms with Gasteiger partial charge in [0.2, 0.25) is 11.8 Å². The van der Waals surface area contributed by atoms with Gasteiger partial charge in [-0.25, -0.2) is 14.4 Å². The van der Waals surface area contributed by atoms with Crippen LogP contribution in [0.4, 0.5) is 17.6 Å². The van der Waals surface area contributed by atoms with Crippen LogP contribution in [0.1, 0.15) is 61.9 Å². The van der Waals surface area contributed by atoms with Crippen molar-refractivity contribution in [2.75, 3.05) is 19.6 Å². The summed E-state index contributed by atoms with van der Waals surface area (Å²) in [6.07, 6.45) is -2.61. The van der Waals surface area contributed by atoms with Crippen LogP contribution in [0.2, 0.25) is 0 Å². The third kappa shape index (κ3) is 7.42. The van der Waals surface area contributed by atoms with Crippen LogP contribution in [0.5, 0.6) is 5.88 Å². The molecular formula is C26H36F4N6O2. The molecule has 4 rings (SSSR count). The average Bonchev–Trinajstić information content (AvgIpc) is 3.03. The second-order valence-electron chi connectivity index (χ2n) is 10.5. The third-order valence-corrected chi connectivity index (χ3v) is 7.63. The summed E-state index contributed by atoms with van der Waals surface area (Å²) in [6.45, 7) is 4.79. The Labute approximate surface area is 220 Å². The molecular weight excluding hydrogens is 504 g/mol. The number of pyridine rings is 1. The summed E-state index contributed by atoms with van der Waals surface area (Å²) in [4.78, 5) is 23.1. The molecule has 0 aromatic carbocycles.